The van der Waals surface area contributed by atoms with Crippen molar-refractivity contribution in [1.29, 1.82) is 0 Å². The van der Waals surface area contributed by atoms with Crippen LogP contribution in [0.15, 0.2) is 29.3 Å². The van der Waals surface area contributed by atoms with E-state index in [1.807, 2.05) is 26.1 Å². The Morgan fingerprint density at radius 2 is 1.74 bits per heavy atom. The van der Waals surface area contributed by atoms with Crippen LogP contribution >= 0.6 is 24.0 Å². The molecule has 7 heteroatoms. The Morgan fingerprint density at radius 3 is 2.32 bits per heavy atom. The molecule has 0 amide bonds. The number of nitrogens with one attached hydrogen (secondary N) is 1. The number of halogens is 1. The summed E-state index contributed by atoms with van der Waals surface area (Å²) in [5.41, 5.74) is 1.51. The minimum Gasteiger partial charge on any atom is -0.494 e. The smallest absolute Gasteiger partial charge is 0.193 e. The first-order valence-electron chi connectivity index (χ1n) is 11.6. The minimum atomic E-state index is 0. The molecule has 0 spiro atoms. The molecule has 0 radical (unpaired) electrons. The fraction of sp³-hybridized carbons (Fsp3) is 0.708. The lowest BCUT2D eigenvalue weighted by molar-refractivity contribution is 0.0170. The molecule has 0 unspecified atom stereocenters. The first kappa shape index (κ1) is 26.2. The zero-order valence-electron chi connectivity index (χ0n) is 19.9. The molecule has 0 aromatic heterocycles. The lowest BCUT2D eigenvalue weighted by Gasteiger charge is -2.50. The quantitative estimate of drug-likeness (QED) is 0.323. The summed E-state index contributed by atoms with van der Waals surface area (Å²) >= 11 is 0. The topological polar surface area (TPSA) is 43.3 Å². The Hall–Kier alpha value is -1.06. The standard InChI is InChI=1S/C24H41N5O.HI/c1-5-30-22-11-9-21(10-12-22)19-28(4)23(25-2)26-20-24(13-17-27(3)18-14-24)29-15-7-6-8-16-29;/h9-12H,5-8,13-20H2,1-4H3,(H,25,26);1H. The van der Waals surface area contributed by atoms with Crippen molar-refractivity contribution in [3.05, 3.63) is 29.8 Å². The summed E-state index contributed by atoms with van der Waals surface area (Å²) in [6.45, 7) is 9.35. The van der Waals surface area contributed by atoms with Gasteiger partial charge in [-0.05, 0) is 83.5 Å². The SMILES string of the molecule is CCOc1ccc(CN(C)C(=NC)NCC2(N3CCCCC3)CCN(C)CC2)cc1.I. The molecule has 2 heterocycles. The maximum absolute atomic E-state index is 5.56. The number of likely N-dealkylation sites (tertiary alicyclic amines) is 2. The van der Waals surface area contributed by atoms with Gasteiger partial charge in [0.15, 0.2) is 5.96 Å². The average molecular weight is 544 g/mol. The van der Waals surface area contributed by atoms with E-state index in [0.29, 0.717) is 6.61 Å². The molecular formula is C24H42IN5O. The number of guanidine groups is 1. The van der Waals surface area contributed by atoms with E-state index < -0.39 is 0 Å². The van der Waals surface area contributed by atoms with E-state index in [9.17, 15) is 0 Å². The number of nitrogens with zero attached hydrogens (tertiary/aromatic N) is 4. The zero-order valence-corrected chi connectivity index (χ0v) is 22.2. The number of hydrogen-bond donors (Lipinski definition) is 1. The fourth-order valence-electron chi connectivity index (χ4n) is 4.84. The van der Waals surface area contributed by atoms with Crippen LogP contribution in [-0.4, -0.2) is 86.7 Å². The molecule has 6 nitrogen and oxygen atoms in total. The fourth-order valence-corrected chi connectivity index (χ4v) is 4.84. The molecule has 1 aromatic rings. The van der Waals surface area contributed by atoms with Crippen molar-refractivity contribution in [2.75, 3.05) is 60.5 Å². The van der Waals surface area contributed by atoms with E-state index in [1.165, 1.54) is 63.8 Å². The highest BCUT2D eigenvalue weighted by Gasteiger charge is 2.39. The van der Waals surface area contributed by atoms with Crippen molar-refractivity contribution in [3.8, 4) is 5.75 Å². The van der Waals surface area contributed by atoms with Crippen molar-refractivity contribution in [2.45, 2.75) is 51.1 Å². The van der Waals surface area contributed by atoms with Gasteiger partial charge in [-0.1, -0.05) is 18.6 Å². The lowest BCUT2D eigenvalue weighted by Crippen LogP contribution is -2.62. The molecule has 1 aromatic carbocycles. The monoisotopic (exact) mass is 543 g/mol. The van der Waals surface area contributed by atoms with Crippen LogP contribution in [0.2, 0.25) is 0 Å². The van der Waals surface area contributed by atoms with E-state index in [0.717, 1.165) is 24.8 Å². The van der Waals surface area contributed by atoms with Gasteiger partial charge in [0.2, 0.25) is 0 Å². The van der Waals surface area contributed by atoms with Gasteiger partial charge in [-0.25, -0.2) is 0 Å². The summed E-state index contributed by atoms with van der Waals surface area (Å²) in [6, 6.07) is 8.38. The molecule has 31 heavy (non-hydrogen) atoms. The largest absolute Gasteiger partial charge is 0.494 e. The molecule has 2 aliphatic heterocycles. The van der Waals surface area contributed by atoms with Gasteiger partial charge in [-0.2, -0.15) is 0 Å². The second-order valence-corrected chi connectivity index (χ2v) is 8.91. The number of aliphatic imine (C=N–C) groups is 1. The third-order valence-corrected chi connectivity index (χ3v) is 6.75. The van der Waals surface area contributed by atoms with Gasteiger partial charge in [0.1, 0.15) is 5.75 Å². The van der Waals surface area contributed by atoms with Gasteiger partial charge in [0.25, 0.3) is 0 Å². The van der Waals surface area contributed by atoms with Gasteiger partial charge >= 0.3 is 0 Å². The van der Waals surface area contributed by atoms with Gasteiger partial charge in [-0.15, -0.1) is 24.0 Å². The highest BCUT2D eigenvalue weighted by atomic mass is 127. The zero-order chi connectivity index (χ0) is 21.4. The third kappa shape index (κ3) is 7.22. The molecule has 176 valence electrons. The summed E-state index contributed by atoms with van der Waals surface area (Å²) in [6.07, 6.45) is 6.52. The Balaban J connectivity index is 0.00000341. The molecule has 1 N–H and O–H groups in total. The Labute approximate surface area is 206 Å². The lowest BCUT2D eigenvalue weighted by atomic mass is 9.84. The molecule has 3 rings (SSSR count). The number of piperidine rings is 2. The van der Waals surface area contributed by atoms with Gasteiger partial charge in [-0.3, -0.25) is 9.89 Å². The maximum Gasteiger partial charge on any atom is 0.193 e. The van der Waals surface area contributed by atoms with Crippen molar-refractivity contribution in [3.63, 3.8) is 0 Å². The molecule has 0 saturated carbocycles. The first-order chi connectivity index (χ1) is 14.6. The number of ether oxygens (including phenoxy) is 1. The van der Waals surface area contributed by atoms with E-state index in [2.05, 4.69) is 51.2 Å². The second kappa shape index (κ2) is 12.8. The van der Waals surface area contributed by atoms with Crippen LogP contribution in [0.25, 0.3) is 0 Å². The molecule has 2 aliphatic rings. The third-order valence-electron chi connectivity index (χ3n) is 6.75. The summed E-state index contributed by atoms with van der Waals surface area (Å²) in [5.74, 6) is 1.90. The number of hydrogen-bond acceptors (Lipinski definition) is 4. The van der Waals surface area contributed by atoms with Crippen LogP contribution in [0.4, 0.5) is 0 Å². The second-order valence-electron chi connectivity index (χ2n) is 8.91. The van der Waals surface area contributed by atoms with Crippen LogP contribution < -0.4 is 10.1 Å². The highest BCUT2D eigenvalue weighted by Crippen LogP contribution is 2.31. The molecule has 2 saturated heterocycles. The van der Waals surface area contributed by atoms with Gasteiger partial charge in [0.05, 0.1) is 6.61 Å². The molecule has 2 fully saturated rings. The number of benzene rings is 1. The predicted molar refractivity (Wildman–Crippen MR) is 141 cm³/mol. The maximum atomic E-state index is 5.56. The number of rotatable bonds is 7. The van der Waals surface area contributed by atoms with E-state index in [1.54, 1.807) is 0 Å². The summed E-state index contributed by atoms with van der Waals surface area (Å²) < 4.78 is 5.56. The highest BCUT2D eigenvalue weighted by molar-refractivity contribution is 14.0. The van der Waals surface area contributed by atoms with Crippen molar-refractivity contribution in [1.82, 2.24) is 20.0 Å². The summed E-state index contributed by atoms with van der Waals surface area (Å²) in [7, 11) is 6.25. The van der Waals surface area contributed by atoms with E-state index >= 15 is 0 Å². The van der Waals surface area contributed by atoms with Crippen molar-refractivity contribution < 1.29 is 4.74 Å². The Kier molecular flexibility index (Phi) is 10.9. The van der Waals surface area contributed by atoms with Crippen molar-refractivity contribution >= 4 is 29.9 Å². The minimum absolute atomic E-state index is 0. The summed E-state index contributed by atoms with van der Waals surface area (Å²) in [5, 5.41) is 3.73. The van der Waals surface area contributed by atoms with Gasteiger partial charge < -0.3 is 19.9 Å². The normalized spacial score (nSPS) is 20.1. The molecule has 0 atom stereocenters. The van der Waals surface area contributed by atoms with Crippen LogP contribution in [0.5, 0.6) is 5.75 Å². The Bertz CT molecular complexity index is 667. The molecule has 0 bridgehead atoms. The Morgan fingerprint density at radius 1 is 1.10 bits per heavy atom. The summed E-state index contributed by atoms with van der Waals surface area (Å²) in [4.78, 5) is 12.0. The van der Waals surface area contributed by atoms with E-state index in [-0.39, 0.29) is 29.5 Å². The first-order valence-corrected chi connectivity index (χ1v) is 11.6. The average Bonchev–Trinajstić information content (AvgIpc) is 2.78. The van der Waals surface area contributed by atoms with E-state index in [4.69, 9.17) is 4.74 Å². The predicted octanol–water partition coefficient (Wildman–Crippen LogP) is 3.66. The van der Waals surface area contributed by atoms with Crippen LogP contribution in [0.3, 0.4) is 0 Å². The van der Waals surface area contributed by atoms with Gasteiger partial charge in [0, 0.05) is 32.7 Å². The van der Waals surface area contributed by atoms with Crippen LogP contribution in [-0.2, 0) is 6.54 Å². The van der Waals surface area contributed by atoms with Crippen molar-refractivity contribution in [2.24, 2.45) is 4.99 Å². The molecular weight excluding hydrogens is 501 g/mol. The van der Waals surface area contributed by atoms with Crippen LogP contribution in [0.1, 0.15) is 44.6 Å². The van der Waals surface area contributed by atoms with Crippen LogP contribution in [0, 0.1) is 0 Å². The molecule has 0 aliphatic carbocycles.